The Morgan fingerprint density at radius 1 is 1.30 bits per heavy atom. The van der Waals surface area contributed by atoms with Crippen molar-refractivity contribution in [2.75, 3.05) is 6.61 Å². The van der Waals surface area contributed by atoms with Crippen LogP contribution in [0.1, 0.15) is 12.0 Å². The Labute approximate surface area is 118 Å². The Balaban J connectivity index is 2.18. The topological polar surface area (TPSA) is 79.2 Å². The fourth-order valence-corrected chi connectivity index (χ4v) is 2.49. The maximum Gasteiger partial charge on any atom is 0.184 e. The largest absolute Gasteiger partial charge is 0.394 e. The highest BCUT2D eigenvalue weighted by Gasteiger charge is 2.56. The van der Waals surface area contributed by atoms with E-state index < -0.39 is 24.1 Å². The maximum atomic E-state index is 10.2. The zero-order chi connectivity index (χ0) is 14.6. The van der Waals surface area contributed by atoms with Crippen molar-refractivity contribution in [1.29, 1.82) is 0 Å². The highest BCUT2D eigenvalue weighted by molar-refractivity contribution is 5.14. The molecule has 1 aromatic rings. The van der Waals surface area contributed by atoms with Crippen molar-refractivity contribution >= 4 is 0 Å². The summed E-state index contributed by atoms with van der Waals surface area (Å²) in [5.41, 5.74) is -0.257. The van der Waals surface area contributed by atoms with Gasteiger partial charge in [0.25, 0.3) is 0 Å². The van der Waals surface area contributed by atoms with E-state index in [2.05, 4.69) is 6.58 Å². The molecule has 5 nitrogen and oxygen atoms in total. The summed E-state index contributed by atoms with van der Waals surface area (Å²) in [6, 6.07) is 9.47. The van der Waals surface area contributed by atoms with Gasteiger partial charge in [0.05, 0.1) is 13.2 Å². The van der Waals surface area contributed by atoms with Crippen molar-refractivity contribution in [2.24, 2.45) is 0 Å². The molecule has 1 heterocycles. The van der Waals surface area contributed by atoms with Crippen LogP contribution in [0.25, 0.3) is 0 Å². The fraction of sp³-hybridized carbons (Fsp3) is 0.467. The average Bonchev–Trinajstić information content (AvgIpc) is 2.71. The summed E-state index contributed by atoms with van der Waals surface area (Å²) in [4.78, 5) is 0. The Hall–Kier alpha value is -1.24. The van der Waals surface area contributed by atoms with Gasteiger partial charge in [-0.1, -0.05) is 36.4 Å². The van der Waals surface area contributed by atoms with Gasteiger partial charge in [-0.25, -0.2) is 0 Å². The second kappa shape index (κ2) is 6.47. The zero-order valence-corrected chi connectivity index (χ0v) is 11.2. The summed E-state index contributed by atoms with van der Waals surface area (Å²) in [6.45, 7) is 3.54. The molecule has 1 aromatic carbocycles. The van der Waals surface area contributed by atoms with Crippen LogP contribution in [0, 0.1) is 0 Å². The minimum Gasteiger partial charge on any atom is -0.394 e. The molecule has 0 radical (unpaired) electrons. The molecule has 1 fully saturated rings. The van der Waals surface area contributed by atoms with Crippen molar-refractivity contribution in [1.82, 2.24) is 0 Å². The maximum absolute atomic E-state index is 10.2. The third-order valence-corrected chi connectivity index (χ3v) is 3.60. The lowest BCUT2D eigenvalue weighted by atomic mass is 9.88. The van der Waals surface area contributed by atoms with Crippen LogP contribution < -0.4 is 0 Å². The van der Waals surface area contributed by atoms with Crippen LogP contribution in [0.15, 0.2) is 43.0 Å². The highest BCUT2D eigenvalue weighted by Crippen LogP contribution is 2.37. The third-order valence-electron chi connectivity index (χ3n) is 3.60. The molecule has 1 unspecified atom stereocenters. The second-order valence-electron chi connectivity index (χ2n) is 4.86. The number of rotatable bonds is 6. The third kappa shape index (κ3) is 2.77. The van der Waals surface area contributed by atoms with E-state index in [0.717, 1.165) is 5.56 Å². The number of aliphatic hydroxyl groups excluding tert-OH is 3. The Kier molecular flexibility index (Phi) is 4.91. The van der Waals surface area contributed by atoms with E-state index in [9.17, 15) is 15.3 Å². The summed E-state index contributed by atoms with van der Waals surface area (Å²) in [7, 11) is 0. The van der Waals surface area contributed by atoms with Crippen molar-refractivity contribution < 1.29 is 24.8 Å². The zero-order valence-electron chi connectivity index (χ0n) is 11.2. The summed E-state index contributed by atoms with van der Waals surface area (Å²) >= 11 is 0. The van der Waals surface area contributed by atoms with Gasteiger partial charge in [-0.05, 0) is 12.0 Å². The second-order valence-corrected chi connectivity index (χ2v) is 4.86. The Bertz CT molecular complexity index is 435. The van der Waals surface area contributed by atoms with Crippen LogP contribution in [0.3, 0.4) is 0 Å². The number of aliphatic hydroxyl groups is 3. The van der Waals surface area contributed by atoms with E-state index >= 15 is 0 Å². The fourth-order valence-electron chi connectivity index (χ4n) is 2.49. The molecule has 0 aromatic heterocycles. The van der Waals surface area contributed by atoms with Crippen LogP contribution in [0.2, 0.25) is 0 Å². The molecule has 4 atom stereocenters. The molecule has 0 bridgehead atoms. The molecule has 0 spiro atoms. The standard InChI is InChI=1S/C15H20O5/c1-2-8-15(12(9-16)20-14(18)13(15)17)19-10-11-6-4-3-5-7-11/h2-7,12-14,16-18H,1,8-10H2/t12-,13+,14?,15-/m1/s1. The van der Waals surface area contributed by atoms with Crippen LogP contribution in [-0.4, -0.2) is 46.0 Å². The number of hydrogen-bond donors (Lipinski definition) is 3. The van der Waals surface area contributed by atoms with E-state index in [-0.39, 0.29) is 19.6 Å². The van der Waals surface area contributed by atoms with Gasteiger partial charge in [-0.2, -0.15) is 0 Å². The van der Waals surface area contributed by atoms with Gasteiger partial charge in [0.15, 0.2) is 6.29 Å². The van der Waals surface area contributed by atoms with Crippen LogP contribution in [-0.2, 0) is 16.1 Å². The van der Waals surface area contributed by atoms with Crippen molar-refractivity contribution in [3.05, 3.63) is 48.6 Å². The van der Waals surface area contributed by atoms with Crippen LogP contribution in [0.4, 0.5) is 0 Å². The van der Waals surface area contributed by atoms with Gasteiger partial charge in [-0.15, -0.1) is 6.58 Å². The molecule has 0 saturated carbocycles. The first kappa shape index (κ1) is 15.2. The lowest BCUT2D eigenvalue weighted by molar-refractivity contribution is -0.143. The smallest absolute Gasteiger partial charge is 0.184 e. The summed E-state index contributed by atoms with van der Waals surface area (Å²) in [6.07, 6.45) is -1.56. The molecule has 1 aliphatic rings. The first-order valence-electron chi connectivity index (χ1n) is 6.55. The molecule has 0 amide bonds. The molecule has 5 heteroatoms. The van der Waals surface area contributed by atoms with Crippen molar-refractivity contribution in [3.63, 3.8) is 0 Å². The summed E-state index contributed by atoms with van der Waals surface area (Å²) in [5, 5.41) is 29.2. The predicted octanol–water partition coefficient (Wildman–Crippen LogP) is 0.588. The SMILES string of the molecule is C=CC[C@@]1(OCc2ccccc2)[C@@H](CO)OC(O)[C@@H]1O. The molecule has 2 rings (SSSR count). The quantitative estimate of drug-likeness (QED) is 0.665. The molecular formula is C15H20O5. The van der Waals surface area contributed by atoms with Gasteiger partial charge >= 0.3 is 0 Å². The molecular weight excluding hydrogens is 260 g/mol. The molecule has 1 saturated heterocycles. The van der Waals surface area contributed by atoms with Crippen molar-refractivity contribution in [2.45, 2.75) is 37.1 Å². The molecule has 3 N–H and O–H groups in total. The Morgan fingerprint density at radius 2 is 2.00 bits per heavy atom. The first-order valence-corrected chi connectivity index (χ1v) is 6.55. The monoisotopic (exact) mass is 280 g/mol. The number of ether oxygens (including phenoxy) is 2. The van der Waals surface area contributed by atoms with E-state index in [1.807, 2.05) is 30.3 Å². The van der Waals surface area contributed by atoms with Gasteiger partial charge in [-0.3, -0.25) is 0 Å². The van der Waals surface area contributed by atoms with Crippen molar-refractivity contribution in [3.8, 4) is 0 Å². The molecule has 1 aliphatic heterocycles. The van der Waals surface area contributed by atoms with E-state index in [1.165, 1.54) is 0 Å². The van der Waals surface area contributed by atoms with Crippen LogP contribution >= 0.6 is 0 Å². The summed E-state index contributed by atoms with van der Waals surface area (Å²) in [5.74, 6) is 0. The summed E-state index contributed by atoms with van der Waals surface area (Å²) < 4.78 is 11.0. The first-order chi connectivity index (χ1) is 9.64. The van der Waals surface area contributed by atoms with Gasteiger partial charge in [0.2, 0.25) is 0 Å². The predicted molar refractivity (Wildman–Crippen MR) is 72.7 cm³/mol. The normalized spacial score (nSPS) is 33.2. The minimum atomic E-state index is -1.37. The minimum absolute atomic E-state index is 0.248. The molecule has 0 aliphatic carbocycles. The highest BCUT2D eigenvalue weighted by atomic mass is 16.7. The average molecular weight is 280 g/mol. The van der Waals surface area contributed by atoms with Gasteiger partial charge < -0.3 is 24.8 Å². The van der Waals surface area contributed by atoms with Gasteiger partial charge in [0, 0.05) is 0 Å². The molecule has 110 valence electrons. The van der Waals surface area contributed by atoms with E-state index in [1.54, 1.807) is 6.08 Å². The van der Waals surface area contributed by atoms with E-state index in [0.29, 0.717) is 0 Å². The van der Waals surface area contributed by atoms with Crippen LogP contribution in [0.5, 0.6) is 0 Å². The lowest BCUT2D eigenvalue weighted by Gasteiger charge is -2.34. The number of hydrogen-bond acceptors (Lipinski definition) is 5. The number of benzene rings is 1. The lowest BCUT2D eigenvalue weighted by Crippen LogP contribution is -2.51. The Morgan fingerprint density at radius 3 is 2.60 bits per heavy atom. The van der Waals surface area contributed by atoms with Gasteiger partial charge in [0.1, 0.15) is 17.8 Å². The molecule has 20 heavy (non-hydrogen) atoms. The van der Waals surface area contributed by atoms with E-state index in [4.69, 9.17) is 9.47 Å².